The van der Waals surface area contributed by atoms with E-state index in [-0.39, 0.29) is 28.6 Å². The molecule has 180 valence electrons. The molecule has 0 spiro atoms. The van der Waals surface area contributed by atoms with Gasteiger partial charge in [0.2, 0.25) is 0 Å². The molecule has 0 aromatic heterocycles. The fourth-order valence-corrected chi connectivity index (χ4v) is 4.99. The summed E-state index contributed by atoms with van der Waals surface area (Å²) in [6.07, 6.45) is 3.56. The fourth-order valence-electron chi connectivity index (χ4n) is 4.99. The Labute approximate surface area is 202 Å². The molecule has 0 amide bonds. The number of Topliss-reactive ketones (excluding diaryl/α,β-unsaturated/α-hetero) is 2. The van der Waals surface area contributed by atoms with Gasteiger partial charge >= 0.3 is 5.97 Å². The van der Waals surface area contributed by atoms with Crippen LogP contribution in [0.25, 0.3) is 0 Å². The van der Waals surface area contributed by atoms with Gasteiger partial charge in [0, 0.05) is 42.7 Å². The summed E-state index contributed by atoms with van der Waals surface area (Å²) < 4.78 is 31.4. The highest BCUT2D eigenvalue weighted by atomic mass is 19.1. The third-order valence-corrected chi connectivity index (χ3v) is 6.54. The molecule has 3 aliphatic rings. The van der Waals surface area contributed by atoms with Crippen LogP contribution in [0, 0.1) is 5.82 Å². The molecule has 2 aromatic carbocycles. The largest absolute Gasteiger partial charge is 0.490 e. The second-order valence-corrected chi connectivity index (χ2v) is 8.77. The lowest BCUT2D eigenvalue weighted by molar-refractivity contribution is -0.117. The van der Waals surface area contributed by atoms with E-state index in [0.717, 1.165) is 12.8 Å². The molecule has 2 aromatic rings. The molecule has 35 heavy (non-hydrogen) atoms. The summed E-state index contributed by atoms with van der Waals surface area (Å²) in [5.41, 5.74) is 1.56. The molecule has 0 N–H and O–H groups in total. The molecule has 2 aliphatic carbocycles. The molecule has 0 unspecified atom stereocenters. The molecule has 0 atom stereocenters. The molecule has 0 fully saturated rings. The predicted octanol–water partition coefficient (Wildman–Crippen LogP) is 5.57. The minimum Gasteiger partial charge on any atom is -0.490 e. The Morgan fingerprint density at radius 2 is 1.60 bits per heavy atom. The van der Waals surface area contributed by atoms with Gasteiger partial charge in [0.1, 0.15) is 17.3 Å². The highest BCUT2D eigenvalue weighted by Crippen LogP contribution is 2.48. The molecular weight excluding hydrogens is 451 g/mol. The number of esters is 1. The fraction of sp³-hybridized carbons (Fsp3) is 0.321. The third-order valence-electron chi connectivity index (χ3n) is 6.54. The Morgan fingerprint density at radius 3 is 2.23 bits per heavy atom. The number of ketones is 2. The minimum atomic E-state index is -0.845. The molecule has 0 saturated heterocycles. The average Bonchev–Trinajstić information content (AvgIpc) is 2.84. The van der Waals surface area contributed by atoms with Gasteiger partial charge in [-0.3, -0.25) is 9.59 Å². The van der Waals surface area contributed by atoms with Crippen molar-refractivity contribution in [3.8, 4) is 11.5 Å². The zero-order chi connectivity index (χ0) is 24.5. The van der Waals surface area contributed by atoms with Crippen molar-refractivity contribution in [3.05, 3.63) is 82.1 Å². The van der Waals surface area contributed by atoms with E-state index in [4.69, 9.17) is 14.2 Å². The summed E-state index contributed by atoms with van der Waals surface area (Å²) in [7, 11) is 0. The Morgan fingerprint density at radius 1 is 0.943 bits per heavy atom. The van der Waals surface area contributed by atoms with Gasteiger partial charge < -0.3 is 14.2 Å². The second kappa shape index (κ2) is 9.49. The summed E-state index contributed by atoms with van der Waals surface area (Å²) in [6.45, 7) is 2.08. The van der Waals surface area contributed by atoms with E-state index in [1.807, 2.05) is 0 Å². The summed E-state index contributed by atoms with van der Waals surface area (Å²) >= 11 is 0. The number of halogens is 1. The molecule has 1 heterocycles. The van der Waals surface area contributed by atoms with Gasteiger partial charge in [-0.1, -0.05) is 18.2 Å². The molecule has 5 rings (SSSR count). The van der Waals surface area contributed by atoms with Crippen molar-refractivity contribution in [2.24, 2.45) is 0 Å². The first-order chi connectivity index (χ1) is 17.0. The number of hydrogen-bond acceptors (Lipinski definition) is 6. The number of allylic oxidation sites excluding steroid dienone is 4. The van der Waals surface area contributed by atoms with Crippen LogP contribution in [0.3, 0.4) is 0 Å². The molecular formula is C28H25FO6. The first-order valence-corrected chi connectivity index (χ1v) is 11.9. The van der Waals surface area contributed by atoms with Crippen molar-refractivity contribution in [2.45, 2.75) is 51.4 Å². The molecule has 0 radical (unpaired) electrons. The Kier molecular flexibility index (Phi) is 6.24. The van der Waals surface area contributed by atoms with Gasteiger partial charge in [0.25, 0.3) is 0 Å². The Hall–Kier alpha value is -3.74. The molecule has 6 nitrogen and oxygen atoms in total. The first kappa shape index (κ1) is 23.0. The number of hydrogen-bond donors (Lipinski definition) is 0. The maximum Gasteiger partial charge on any atom is 0.346 e. The van der Waals surface area contributed by atoms with E-state index in [9.17, 15) is 18.8 Å². The predicted molar refractivity (Wildman–Crippen MR) is 125 cm³/mol. The summed E-state index contributed by atoms with van der Waals surface area (Å²) in [4.78, 5) is 38.6. The first-order valence-electron chi connectivity index (χ1n) is 11.9. The van der Waals surface area contributed by atoms with Crippen molar-refractivity contribution >= 4 is 17.5 Å². The number of benzene rings is 2. The van der Waals surface area contributed by atoms with Crippen LogP contribution in [0.4, 0.5) is 4.39 Å². The highest BCUT2D eigenvalue weighted by Gasteiger charge is 2.42. The Bertz CT molecular complexity index is 1250. The van der Waals surface area contributed by atoms with Crippen LogP contribution in [-0.2, 0) is 14.3 Å². The van der Waals surface area contributed by atoms with Gasteiger partial charge in [-0.15, -0.1) is 0 Å². The number of rotatable bonds is 5. The summed E-state index contributed by atoms with van der Waals surface area (Å²) in [5.74, 6) is -0.419. The maximum atomic E-state index is 14.1. The van der Waals surface area contributed by atoms with Crippen LogP contribution in [0.5, 0.6) is 11.5 Å². The zero-order valence-corrected chi connectivity index (χ0v) is 19.4. The molecule has 1 aliphatic heterocycles. The molecule has 0 saturated carbocycles. The topological polar surface area (TPSA) is 78.9 Å². The van der Waals surface area contributed by atoms with E-state index in [0.29, 0.717) is 60.5 Å². The lowest BCUT2D eigenvalue weighted by Crippen LogP contribution is -2.30. The van der Waals surface area contributed by atoms with Gasteiger partial charge in [-0.25, -0.2) is 9.18 Å². The van der Waals surface area contributed by atoms with Crippen molar-refractivity contribution < 1.29 is 33.0 Å². The van der Waals surface area contributed by atoms with E-state index in [2.05, 4.69) is 0 Å². The molecule has 0 bridgehead atoms. The van der Waals surface area contributed by atoms with Crippen LogP contribution in [0.1, 0.15) is 67.3 Å². The number of carbonyl (C=O) groups excluding carboxylic acids is 3. The van der Waals surface area contributed by atoms with E-state index in [1.165, 1.54) is 18.2 Å². The smallest absolute Gasteiger partial charge is 0.346 e. The third kappa shape index (κ3) is 4.27. The molecule has 7 heteroatoms. The lowest BCUT2D eigenvalue weighted by atomic mass is 9.73. The van der Waals surface area contributed by atoms with E-state index < -0.39 is 17.7 Å². The van der Waals surface area contributed by atoms with Crippen LogP contribution >= 0.6 is 0 Å². The number of ether oxygens (including phenoxy) is 3. The van der Waals surface area contributed by atoms with E-state index in [1.54, 1.807) is 31.2 Å². The summed E-state index contributed by atoms with van der Waals surface area (Å²) in [5, 5.41) is 0. The average molecular weight is 477 g/mol. The normalized spacial score (nSPS) is 18.1. The van der Waals surface area contributed by atoms with Crippen molar-refractivity contribution in [1.29, 1.82) is 0 Å². The van der Waals surface area contributed by atoms with Gasteiger partial charge in [-0.05, 0) is 49.6 Å². The standard InChI is InChI=1S/C28H25FO6/c1-2-33-24-15-16(13-14-21(24)35-28(32)17-7-3-4-8-18(17)29)25-26-19(30)9-5-11-22(26)34-23-12-6-10-20(31)27(23)25/h3-4,7-8,13-15,25H,2,5-6,9-12H2,1H3. The van der Waals surface area contributed by atoms with E-state index >= 15 is 0 Å². The monoisotopic (exact) mass is 476 g/mol. The second-order valence-electron chi connectivity index (χ2n) is 8.77. The van der Waals surface area contributed by atoms with Gasteiger partial charge in [0.15, 0.2) is 23.1 Å². The Balaban J connectivity index is 1.56. The highest BCUT2D eigenvalue weighted by molar-refractivity contribution is 6.05. The van der Waals surface area contributed by atoms with Gasteiger partial charge in [-0.2, -0.15) is 0 Å². The zero-order valence-electron chi connectivity index (χ0n) is 19.4. The number of carbonyl (C=O) groups is 3. The maximum absolute atomic E-state index is 14.1. The van der Waals surface area contributed by atoms with Gasteiger partial charge in [0.05, 0.1) is 12.2 Å². The lowest BCUT2D eigenvalue weighted by Gasteiger charge is -2.36. The quantitative estimate of drug-likeness (QED) is 0.415. The summed E-state index contributed by atoms with van der Waals surface area (Å²) in [6, 6.07) is 10.6. The van der Waals surface area contributed by atoms with Crippen LogP contribution in [-0.4, -0.2) is 24.1 Å². The van der Waals surface area contributed by atoms with Crippen LogP contribution in [0.15, 0.2) is 65.1 Å². The van der Waals surface area contributed by atoms with Crippen molar-refractivity contribution in [3.63, 3.8) is 0 Å². The van der Waals surface area contributed by atoms with Crippen molar-refractivity contribution in [2.75, 3.05) is 6.61 Å². The van der Waals surface area contributed by atoms with Crippen molar-refractivity contribution in [1.82, 2.24) is 0 Å². The minimum absolute atomic E-state index is 0.0193. The van der Waals surface area contributed by atoms with Crippen LogP contribution < -0.4 is 9.47 Å². The van der Waals surface area contributed by atoms with Crippen LogP contribution in [0.2, 0.25) is 0 Å². The SMILES string of the molecule is CCOc1cc(C2C3=C(CCCC3=O)OC3=C2C(=O)CCC3)ccc1OC(=O)c1ccccc1F.